The molecule has 0 radical (unpaired) electrons. The standard InChI is InChI=1S/C9H12NO8/c1-3(12)8(14)17-7-6(18-10)5(4(13)2-11)16-9(7)15/h4-5,11,13H,2H2,1,10H3/q+1. The maximum Gasteiger partial charge on any atom is 0.380 e. The molecule has 1 aliphatic heterocycles. The summed E-state index contributed by atoms with van der Waals surface area (Å²) in [5.74, 6) is -1.32. The number of carbonyl (C=O) groups excluding carboxylic acids is 3. The van der Waals surface area contributed by atoms with Crippen LogP contribution in [0, 0.1) is 0 Å². The van der Waals surface area contributed by atoms with E-state index in [-0.39, 0.29) is 5.76 Å². The highest BCUT2D eigenvalue weighted by molar-refractivity contribution is 6.33. The third kappa shape index (κ3) is 2.64. The van der Waals surface area contributed by atoms with Crippen molar-refractivity contribution in [2.75, 3.05) is 6.61 Å². The molecule has 1 rings (SSSR count). The van der Waals surface area contributed by atoms with Crippen LogP contribution >= 0.6 is 0 Å². The minimum atomic E-state index is -1.46. The molecule has 0 spiro atoms. The van der Waals surface area contributed by atoms with Crippen molar-refractivity contribution in [3.63, 3.8) is 0 Å². The Hall–Kier alpha value is -1.97. The molecule has 1 aliphatic rings. The molecule has 0 aliphatic carbocycles. The lowest BCUT2D eigenvalue weighted by Crippen LogP contribution is -2.51. The Morgan fingerprint density at radius 3 is 2.61 bits per heavy atom. The molecule has 2 atom stereocenters. The van der Waals surface area contributed by atoms with Crippen molar-refractivity contribution < 1.29 is 44.8 Å². The van der Waals surface area contributed by atoms with Gasteiger partial charge in [-0.25, -0.2) is 9.59 Å². The average molecular weight is 262 g/mol. The first-order chi connectivity index (χ1) is 8.42. The summed E-state index contributed by atoms with van der Waals surface area (Å²) in [4.78, 5) is 37.7. The Labute approximate surface area is 101 Å². The first-order valence-corrected chi connectivity index (χ1v) is 4.81. The monoisotopic (exact) mass is 262 g/mol. The molecule has 18 heavy (non-hydrogen) atoms. The van der Waals surface area contributed by atoms with Crippen LogP contribution in [0.25, 0.3) is 0 Å². The van der Waals surface area contributed by atoms with Gasteiger partial charge in [-0.05, 0) is 0 Å². The molecule has 9 nitrogen and oxygen atoms in total. The van der Waals surface area contributed by atoms with E-state index in [1.807, 2.05) is 0 Å². The summed E-state index contributed by atoms with van der Waals surface area (Å²) in [6, 6.07) is 0. The van der Waals surface area contributed by atoms with Gasteiger partial charge in [0.2, 0.25) is 5.78 Å². The van der Waals surface area contributed by atoms with Gasteiger partial charge in [0.1, 0.15) is 6.10 Å². The Morgan fingerprint density at radius 2 is 2.17 bits per heavy atom. The van der Waals surface area contributed by atoms with Crippen LogP contribution in [0.1, 0.15) is 6.92 Å². The minimum Gasteiger partial charge on any atom is -0.445 e. The number of Topliss-reactive ketones (excluding diaryl/α,β-unsaturated/α-hetero) is 1. The van der Waals surface area contributed by atoms with E-state index in [0.717, 1.165) is 6.92 Å². The van der Waals surface area contributed by atoms with Crippen LogP contribution in [0.5, 0.6) is 0 Å². The topological polar surface area (TPSA) is 147 Å². The normalized spacial score (nSPS) is 20.4. The molecular weight excluding hydrogens is 250 g/mol. The van der Waals surface area contributed by atoms with Gasteiger partial charge in [0.05, 0.1) is 6.61 Å². The van der Waals surface area contributed by atoms with Crippen LogP contribution < -0.4 is 5.90 Å². The zero-order valence-electron chi connectivity index (χ0n) is 9.41. The number of hydrogen-bond acceptors (Lipinski definition) is 8. The van der Waals surface area contributed by atoms with Crippen LogP contribution in [0.15, 0.2) is 11.5 Å². The SMILES string of the molecule is CC(=O)C(=O)OC1=C(O[NH3+])C(C(O)CO)OC1=O. The van der Waals surface area contributed by atoms with E-state index in [9.17, 15) is 19.5 Å². The molecular formula is C9H12NO8+. The van der Waals surface area contributed by atoms with E-state index in [2.05, 4.69) is 20.2 Å². The Balaban J connectivity index is 3.00. The molecule has 0 bridgehead atoms. The van der Waals surface area contributed by atoms with E-state index in [1.165, 1.54) is 0 Å². The Bertz CT molecular complexity index is 415. The third-order valence-electron chi connectivity index (χ3n) is 2.08. The largest absolute Gasteiger partial charge is 0.445 e. The predicted molar refractivity (Wildman–Crippen MR) is 50.7 cm³/mol. The van der Waals surface area contributed by atoms with Gasteiger partial charge in [0.15, 0.2) is 6.10 Å². The highest BCUT2D eigenvalue weighted by Gasteiger charge is 2.44. The second-order valence-electron chi connectivity index (χ2n) is 3.36. The number of aliphatic hydroxyl groups excluding tert-OH is 2. The lowest BCUT2D eigenvalue weighted by molar-refractivity contribution is -0.674. The quantitative estimate of drug-likeness (QED) is 0.266. The van der Waals surface area contributed by atoms with Crippen LogP contribution in [0.3, 0.4) is 0 Å². The molecule has 0 aromatic rings. The molecule has 2 unspecified atom stereocenters. The third-order valence-corrected chi connectivity index (χ3v) is 2.08. The van der Waals surface area contributed by atoms with Crippen molar-refractivity contribution in [3.05, 3.63) is 11.5 Å². The van der Waals surface area contributed by atoms with Gasteiger partial charge in [-0.3, -0.25) is 4.79 Å². The van der Waals surface area contributed by atoms with Crippen molar-refractivity contribution in [3.8, 4) is 0 Å². The first kappa shape index (κ1) is 14.1. The molecule has 0 fully saturated rings. The summed E-state index contributed by atoms with van der Waals surface area (Å²) in [5, 5.41) is 18.1. The molecule has 100 valence electrons. The maximum absolute atomic E-state index is 11.4. The molecule has 5 N–H and O–H groups in total. The fourth-order valence-electron chi connectivity index (χ4n) is 1.21. The van der Waals surface area contributed by atoms with Crippen molar-refractivity contribution in [1.82, 2.24) is 0 Å². The number of ketones is 1. The Kier molecular flexibility index (Phi) is 4.37. The zero-order valence-corrected chi connectivity index (χ0v) is 9.41. The summed E-state index contributed by atoms with van der Waals surface area (Å²) < 4.78 is 9.11. The van der Waals surface area contributed by atoms with Crippen LogP contribution in [0.2, 0.25) is 0 Å². The number of esters is 2. The molecule has 0 aromatic heterocycles. The highest BCUT2D eigenvalue weighted by Crippen LogP contribution is 2.25. The molecule has 0 amide bonds. The Morgan fingerprint density at radius 1 is 1.56 bits per heavy atom. The summed E-state index contributed by atoms with van der Waals surface area (Å²) >= 11 is 0. The van der Waals surface area contributed by atoms with Gasteiger partial charge in [-0.15, -0.1) is 0 Å². The summed E-state index contributed by atoms with van der Waals surface area (Å²) in [5.41, 5.74) is 0. The number of carbonyl (C=O) groups is 3. The maximum atomic E-state index is 11.4. The number of rotatable bonds is 5. The number of hydrogen-bond donors (Lipinski definition) is 3. The van der Waals surface area contributed by atoms with Gasteiger partial charge in [0, 0.05) is 6.92 Å². The van der Waals surface area contributed by atoms with Crippen molar-refractivity contribution in [2.45, 2.75) is 19.1 Å². The van der Waals surface area contributed by atoms with Gasteiger partial charge in [-0.1, -0.05) is 0 Å². The zero-order chi connectivity index (χ0) is 13.9. The van der Waals surface area contributed by atoms with E-state index in [1.54, 1.807) is 0 Å². The van der Waals surface area contributed by atoms with Crippen molar-refractivity contribution in [2.24, 2.45) is 0 Å². The van der Waals surface area contributed by atoms with E-state index in [0.29, 0.717) is 0 Å². The summed E-state index contributed by atoms with van der Waals surface area (Å²) in [6.07, 6.45) is -2.80. The lowest BCUT2D eigenvalue weighted by atomic mass is 10.2. The van der Waals surface area contributed by atoms with Crippen LogP contribution in [-0.2, 0) is 28.7 Å². The average Bonchev–Trinajstić information content (AvgIpc) is 2.65. The molecule has 1 heterocycles. The fraction of sp³-hybridized carbons (Fsp3) is 0.444. The van der Waals surface area contributed by atoms with Crippen LogP contribution in [-0.4, -0.2) is 46.7 Å². The first-order valence-electron chi connectivity index (χ1n) is 4.81. The lowest BCUT2D eigenvalue weighted by Gasteiger charge is -2.14. The molecule has 9 heteroatoms. The molecule has 0 aromatic carbocycles. The van der Waals surface area contributed by atoms with Gasteiger partial charge in [-0.2, -0.15) is 5.90 Å². The minimum absolute atomic E-state index is 0.365. The van der Waals surface area contributed by atoms with Crippen molar-refractivity contribution in [1.29, 1.82) is 0 Å². The molecule has 0 saturated carbocycles. The summed E-state index contributed by atoms with van der Waals surface area (Å²) in [7, 11) is 0. The second-order valence-corrected chi connectivity index (χ2v) is 3.36. The predicted octanol–water partition coefficient (Wildman–Crippen LogP) is -3.22. The number of quaternary nitrogens is 1. The van der Waals surface area contributed by atoms with Gasteiger partial charge >= 0.3 is 11.9 Å². The van der Waals surface area contributed by atoms with Crippen LogP contribution in [0.4, 0.5) is 0 Å². The van der Waals surface area contributed by atoms with E-state index < -0.39 is 42.3 Å². The fourth-order valence-corrected chi connectivity index (χ4v) is 1.21. The highest BCUT2D eigenvalue weighted by atomic mass is 16.7. The summed E-state index contributed by atoms with van der Waals surface area (Å²) in [6.45, 7) is 0.243. The second kappa shape index (κ2) is 5.58. The molecule has 0 saturated heterocycles. The smallest absolute Gasteiger partial charge is 0.380 e. The van der Waals surface area contributed by atoms with E-state index in [4.69, 9.17) is 5.11 Å². The number of aliphatic hydroxyl groups is 2. The van der Waals surface area contributed by atoms with E-state index >= 15 is 0 Å². The van der Waals surface area contributed by atoms with Crippen molar-refractivity contribution >= 4 is 17.7 Å². The van der Waals surface area contributed by atoms with Gasteiger partial charge < -0.3 is 24.5 Å². The van der Waals surface area contributed by atoms with Gasteiger partial charge in [0.25, 0.3) is 11.5 Å². The number of cyclic esters (lactones) is 1. The number of ether oxygens (including phenoxy) is 2.